The number of nitrogens with one attached hydrogen (secondary N) is 1. The third kappa shape index (κ3) is 4.02. The number of nitrogens with zero attached hydrogens (tertiary/aromatic N) is 2. The van der Waals surface area contributed by atoms with Crippen molar-refractivity contribution >= 4 is 11.6 Å². The van der Waals surface area contributed by atoms with Crippen LogP contribution in [-0.4, -0.2) is 44.0 Å². The second kappa shape index (κ2) is 7.83. The Bertz CT molecular complexity index is 788. The van der Waals surface area contributed by atoms with Gasteiger partial charge in [0.25, 0.3) is 5.91 Å². The van der Waals surface area contributed by atoms with Gasteiger partial charge in [-0.3, -0.25) is 4.79 Å². The fraction of sp³-hybridized carbons (Fsp3) is 0.350. The van der Waals surface area contributed by atoms with E-state index in [-0.39, 0.29) is 11.4 Å². The molecule has 4 nitrogen and oxygen atoms in total. The Morgan fingerprint density at radius 2 is 1.73 bits per heavy atom. The molecule has 1 saturated heterocycles. The van der Waals surface area contributed by atoms with Crippen LogP contribution in [-0.2, 0) is 0 Å². The quantitative estimate of drug-likeness (QED) is 0.911. The van der Waals surface area contributed by atoms with Crippen LogP contribution in [0, 0.1) is 11.6 Å². The fourth-order valence-corrected chi connectivity index (χ4v) is 3.14. The van der Waals surface area contributed by atoms with Gasteiger partial charge in [-0.05, 0) is 38.2 Å². The molecule has 2 aromatic rings. The zero-order chi connectivity index (χ0) is 18.7. The Kier molecular flexibility index (Phi) is 5.52. The van der Waals surface area contributed by atoms with Crippen molar-refractivity contribution in [3.05, 3.63) is 65.2 Å². The number of benzene rings is 2. The van der Waals surface area contributed by atoms with E-state index >= 15 is 0 Å². The lowest BCUT2D eigenvalue weighted by Crippen LogP contribution is -2.44. The number of rotatable bonds is 4. The molecule has 0 saturated carbocycles. The minimum absolute atomic E-state index is 0.226. The summed E-state index contributed by atoms with van der Waals surface area (Å²) in [7, 11) is 2.04. The SMILES string of the molecule is CC(NC(=O)c1ccc(N2CCN(C)CC2)c(F)c1)c1ccccc1F. The standard InChI is InChI=1S/C20H23F2N3O/c1-14(16-5-3-4-6-17(16)21)23-20(26)15-7-8-19(18(22)13-15)25-11-9-24(2)10-12-25/h3-8,13-14H,9-12H2,1-2H3,(H,23,26). The van der Waals surface area contributed by atoms with Crippen LogP contribution in [0.2, 0.25) is 0 Å². The lowest BCUT2D eigenvalue weighted by Gasteiger charge is -2.34. The lowest BCUT2D eigenvalue weighted by atomic mass is 10.1. The molecule has 6 heteroatoms. The van der Waals surface area contributed by atoms with Gasteiger partial charge in [0.15, 0.2) is 0 Å². The van der Waals surface area contributed by atoms with Crippen LogP contribution in [0.1, 0.15) is 28.9 Å². The van der Waals surface area contributed by atoms with Crippen molar-refractivity contribution in [3.63, 3.8) is 0 Å². The van der Waals surface area contributed by atoms with Gasteiger partial charge >= 0.3 is 0 Å². The number of likely N-dealkylation sites (N-methyl/N-ethyl adjacent to an activating group) is 1. The molecule has 1 aliphatic rings. The number of anilines is 1. The average Bonchev–Trinajstić information content (AvgIpc) is 2.62. The molecule has 1 aliphatic heterocycles. The molecule has 1 N–H and O–H groups in total. The van der Waals surface area contributed by atoms with Crippen molar-refractivity contribution < 1.29 is 13.6 Å². The minimum Gasteiger partial charge on any atom is -0.367 e. The highest BCUT2D eigenvalue weighted by Crippen LogP contribution is 2.23. The van der Waals surface area contributed by atoms with Gasteiger partial charge in [-0.1, -0.05) is 18.2 Å². The Labute approximate surface area is 152 Å². The Morgan fingerprint density at radius 1 is 1.04 bits per heavy atom. The predicted octanol–water partition coefficient (Wildman–Crippen LogP) is 3.21. The largest absolute Gasteiger partial charge is 0.367 e. The maximum atomic E-state index is 14.5. The van der Waals surface area contributed by atoms with Crippen LogP contribution in [0.25, 0.3) is 0 Å². The smallest absolute Gasteiger partial charge is 0.251 e. The predicted molar refractivity (Wildman–Crippen MR) is 98.4 cm³/mol. The summed E-state index contributed by atoms with van der Waals surface area (Å²) in [6.07, 6.45) is 0. The summed E-state index contributed by atoms with van der Waals surface area (Å²) >= 11 is 0. The highest BCUT2D eigenvalue weighted by molar-refractivity contribution is 5.94. The fourth-order valence-electron chi connectivity index (χ4n) is 3.14. The highest BCUT2D eigenvalue weighted by Gasteiger charge is 2.20. The maximum absolute atomic E-state index is 14.5. The molecule has 0 aliphatic carbocycles. The number of carbonyl (C=O) groups excluding carboxylic acids is 1. The number of halogens is 2. The van der Waals surface area contributed by atoms with Crippen molar-refractivity contribution in [2.45, 2.75) is 13.0 Å². The van der Waals surface area contributed by atoms with Gasteiger partial charge in [-0.15, -0.1) is 0 Å². The first-order valence-electron chi connectivity index (χ1n) is 8.74. The summed E-state index contributed by atoms with van der Waals surface area (Å²) in [6.45, 7) is 4.96. The van der Waals surface area contributed by atoms with E-state index in [1.807, 2.05) is 11.9 Å². The molecular formula is C20H23F2N3O. The molecule has 3 rings (SSSR count). The van der Waals surface area contributed by atoms with Crippen LogP contribution in [0.4, 0.5) is 14.5 Å². The summed E-state index contributed by atoms with van der Waals surface area (Å²) in [5.74, 6) is -1.22. The molecule has 0 bridgehead atoms. The second-order valence-electron chi connectivity index (χ2n) is 6.67. The first-order chi connectivity index (χ1) is 12.5. The molecule has 1 fully saturated rings. The first-order valence-corrected chi connectivity index (χ1v) is 8.74. The van der Waals surface area contributed by atoms with Crippen molar-refractivity contribution in [1.29, 1.82) is 0 Å². The summed E-state index contributed by atoms with van der Waals surface area (Å²) in [5, 5.41) is 2.72. The molecule has 1 unspecified atom stereocenters. The maximum Gasteiger partial charge on any atom is 0.251 e. The van der Waals surface area contributed by atoms with E-state index in [0.29, 0.717) is 11.3 Å². The molecule has 0 spiro atoms. The van der Waals surface area contributed by atoms with Gasteiger partial charge in [0.2, 0.25) is 0 Å². The molecule has 1 atom stereocenters. The van der Waals surface area contributed by atoms with Crippen molar-refractivity contribution in [2.75, 3.05) is 38.1 Å². The van der Waals surface area contributed by atoms with E-state index in [0.717, 1.165) is 26.2 Å². The van der Waals surface area contributed by atoms with Crippen LogP contribution in [0.3, 0.4) is 0 Å². The van der Waals surface area contributed by atoms with Gasteiger partial charge in [0, 0.05) is 37.3 Å². The minimum atomic E-state index is -0.510. The molecule has 2 aromatic carbocycles. The van der Waals surface area contributed by atoms with E-state index in [1.54, 1.807) is 37.3 Å². The first kappa shape index (κ1) is 18.3. The van der Waals surface area contributed by atoms with E-state index in [4.69, 9.17) is 0 Å². The molecular weight excluding hydrogens is 336 g/mol. The van der Waals surface area contributed by atoms with Crippen molar-refractivity contribution in [2.24, 2.45) is 0 Å². The van der Waals surface area contributed by atoms with Gasteiger partial charge in [-0.25, -0.2) is 8.78 Å². The van der Waals surface area contributed by atoms with Crippen LogP contribution in [0.15, 0.2) is 42.5 Å². The summed E-state index contributed by atoms with van der Waals surface area (Å²) in [4.78, 5) is 16.6. The summed E-state index contributed by atoms with van der Waals surface area (Å²) in [5.41, 5.74) is 1.13. The number of piperazine rings is 1. The van der Waals surface area contributed by atoms with E-state index < -0.39 is 17.8 Å². The zero-order valence-electron chi connectivity index (χ0n) is 15.0. The van der Waals surface area contributed by atoms with Crippen molar-refractivity contribution in [1.82, 2.24) is 10.2 Å². The zero-order valence-corrected chi connectivity index (χ0v) is 15.0. The third-order valence-corrected chi connectivity index (χ3v) is 4.77. The third-order valence-electron chi connectivity index (χ3n) is 4.77. The number of carbonyl (C=O) groups is 1. The van der Waals surface area contributed by atoms with Gasteiger partial charge in [-0.2, -0.15) is 0 Å². The normalized spacial score (nSPS) is 16.4. The van der Waals surface area contributed by atoms with Gasteiger partial charge in [0.05, 0.1) is 11.7 Å². The number of amides is 1. The van der Waals surface area contributed by atoms with Gasteiger partial charge in [0.1, 0.15) is 11.6 Å². The van der Waals surface area contributed by atoms with Crippen LogP contribution < -0.4 is 10.2 Å². The molecule has 1 heterocycles. The van der Waals surface area contributed by atoms with E-state index in [1.165, 1.54) is 12.1 Å². The van der Waals surface area contributed by atoms with E-state index in [2.05, 4.69) is 10.2 Å². The van der Waals surface area contributed by atoms with Crippen LogP contribution >= 0.6 is 0 Å². The topological polar surface area (TPSA) is 35.6 Å². The molecule has 138 valence electrons. The van der Waals surface area contributed by atoms with Crippen molar-refractivity contribution in [3.8, 4) is 0 Å². The van der Waals surface area contributed by atoms with E-state index in [9.17, 15) is 13.6 Å². The molecule has 0 aromatic heterocycles. The number of hydrogen-bond acceptors (Lipinski definition) is 3. The monoisotopic (exact) mass is 359 g/mol. The summed E-state index contributed by atoms with van der Waals surface area (Å²) in [6, 6.07) is 10.3. The molecule has 1 amide bonds. The summed E-state index contributed by atoms with van der Waals surface area (Å²) < 4.78 is 28.3. The Morgan fingerprint density at radius 3 is 2.38 bits per heavy atom. The van der Waals surface area contributed by atoms with Gasteiger partial charge < -0.3 is 15.1 Å². The molecule has 26 heavy (non-hydrogen) atoms. The average molecular weight is 359 g/mol. The number of hydrogen-bond donors (Lipinski definition) is 1. The van der Waals surface area contributed by atoms with Crippen LogP contribution in [0.5, 0.6) is 0 Å². The second-order valence-corrected chi connectivity index (χ2v) is 6.67. The Balaban J connectivity index is 1.70. The Hall–Kier alpha value is -2.47. The molecule has 0 radical (unpaired) electrons. The lowest BCUT2D eigenvalue weighted by molar-refractivity contribution is 0.0939. The highest BCUT2D eigenvalue weighted by atomic mass is 19.1.